The number of pyridine rings is 1. The van der Waals surface area contributed by atoms with Crippen molar-refractivity contribution in [1.82, 2.24) is 9.88 Å². The lowest BCUT2D eigenvalue weighted by Crippen LogP contribution is -2.29. The Kier molecular flexibility index (Phi) is 4.91. The Hall–Kier alpha value is -3.80. The van der Waals surface area contributed by atoms with Gasteiger partial charge in [0.25, 0.3) is 11.7 Å². The van der Waals surface area contributed by atoms with Crippen LogP contribution in [0.3, 0.4) is 0 Å². The summed E-state index contributed by atoms with van der Waals surface area (Å²) in [6.45, 7) is 0.101. The van der Waals surface area contributed by atoms with Gasteiger partial charge in [0.15, 0.2) is 0 Å². The SMILES string of the molecule is O=C1C(=O)N(Cc2ccc(F)cc2)C(c2ccncc2)/C1=C(/O)c1ccccc1. The van der Waals surface area contributed by atoms with E-state index in [4.69, 9.17) is 0 Å². The fourth-order valence-electron chi connectivity index (χ4n) is 3.47. The minimum Gasteiger partial charge on any atom is -0.507 e. The Balaban J connectivity index is 1.83. The molecular weight excluding hydrogens is 371 g/mol. The van der Waals surface area contributed by atoms with Crippen molar-refractivity contribution in [3.05, 3.63) is 107 Å². The number of rotatable bonds is 4. The molecule has 1 aliphatic rings. The standard InChI is InChI=1S/C23H17FN2O3/c24-18-8-6-15(7-9-18)14-26-20(16-10-12-25-13-11-16)19(22(28)23(26)29)21(27)17-4-2-1-3-5-17/h1-13,20,27H,14H2/b21-19-. The van der Waals surface area contributed by atoms with Crippen molar-refractivity contribution in [3.63, 3.8) is 0 Å². The van der Waals surface area contributed by atoms with Crippen molar-refractivity contribution in [2.75, 3.05) is 0 Å². The largest absolute Gasteiger partial charge is 0.507 e. The lowest BCUT2D eigenvalue weighted by molar-refractivity contribution is -0.140. The van der Waals surface area contributed by atoms with E-state index >= 15 is 0 Å². The molecule has 1 saturated heterocycles. The Labute approximate surface area is 166 Å². The van der Waals surface area contributed by atoms with Gasteiger partial charge < -0.3 is 10.0 Å². The zero-order valence-corrected chi connectivity index (χ0v) is 15.3. The molecule has 0 spiro atoms. The number of ketones is 1. The molecule has 0 radical (unpaired) electrons. The fraction of sp³-hybridized carbons (Fsp3) is 0.0870. The average molecular weight is 388 g/mol. The number of carbonyl (C=O) groups excluding carboxylic acids is 2. The number of amides is 1. The molecule has 0 aliphatic carbocycles. The van der Waals surface area contributed by atoms with Crippen LogP contribution in [0, 0.1) is 5.82 Å². The topological polar surface area (TPSA) is 70.5 Å². The summed E-state index contributed by atoms with van der Waals surface area (Å²) >= 11 is 0. The predicted octanol–water partition coefficient (Wildman–Crippen LogP) is 3.84. The number of halogens is 1. The summed E-state index contributed by atoms with van der Waals surface area (Å²) in [6.07, 6.45) is 3.13. The van der Waals surface area contributed by atoms with E-state index in [1.54, 1.807) is 67.0 Å². The Morgan fingerprint density at radius 1 is 0.966 bits per heavy atom. The Morgan fingerprint density at radius 2 is 1.62 bits per heavy atom. The molecule has 0 saturated carbocycles. The van der Waals surface area contributed by atoms with Crippen molar-refractivity contribution in [3.8, 4) is 0 Å². The van der Waals surface area contributed by atoms with Gasteiger partial charge in [0.05, 0.1) is 11.6 Å². The van der Waals surface area contributed by atoms with E-state index in [9.17, 15) is 19.1 Å². The summed E-state index contributed by atoms with van der Waals surface area (Å²) in [5.74, 6) is -2.08. The van der Waals surface area contributed by atoms with Gasteiger partial charge in [0.2, 0.25) is 0 Å². The minimum atomic E-state index is -0.775. The van der Waals surface area contributed by atoms with Gasteiger partial charge in [-0.15, -0.1) is 0 Å². The predicted molar refractivity (Wildman–Crippen MR) is 105 cm³/mol. The summed E-state index contributed by atoms with van der Waals surface area (Å²) < 4.78 is 13.3. The van der Waals surface area contributed by atoms with Gasteiger partial charge in [-0.1, -0.05) is 42.5 Å². The molecule has 1 aromatic heterocycles. The first-order valence-corrected chi connectivity index (χ1v) is 9.04. The summed E-state index contributed by atoms with van der Waals surface area (Å²) in [6, 6.07) is 17.0. The second kappa shape index (κ2) is 7.67. The second-order valence-corrected chi connectivity index (χ2v) is 6.70. The molecule has 4 rings (SSSR count). The lowest BCUT2D eigenvalue weighted by atomic mass is 9.96. The molecular formula is C23H17FN2O3. The van der Waals surface area contributed by atoms with Crippen LogP contribution in [0.4, 0.5) is 4.39 Å². The quantitative estimate of drug-likeness (QED) is 0.419. The number of aliphatic hydroxyl groups excluding tert-OH is 1. The van der Waals surface area contributed by atoms with Gasteiger partial charge in [-0.25, -0.2) is 4.39 Å². The zero-order valence-electron chi connectivity index (χ0n) is 15.3. The molecule has 2 aromatic carbocycles. The average Bonchev–Trinajstić information content (AvgIpc) is 3.01. The third-order valence-electron chi connectivity index (χ3n) is 4.88. The third kappa shape index (κ3) is 3.52. The summed E-state index contributed by atoms with van der Waals surface area (Å²) in [7, 11) is 0. The first-order valence-electron chi connectivity index (χ1n) is 9.04. The number of carbonyl (C=O) groups is 2. The van der Waals surface area contributed by atoms with Crippen LogP contribution in [0.5, 0.6) is 0 Å². The van der Waals surface area contributed by atoms with Crippen molar-refractivity contribution >= 4 is 17.4 Å². The smallest absolute Gasteiger partial charge is 0.295 e. The molecule has 144 valence electrons. The van der Waals surface area contributed by atoms with Crippen molar-refractivity contribution in [1.29, 1.82) is 0 Å². The van der Waals surface area contributed by atoms with Crippen LogP contribution >= 0.6 is 0 Å². The highest BCUT2D eigenvalue weighted by Crippen LogP contribution is 2.40. The summed E-state index contributed by atoms with van der Waals surface area (Å²) in [5.41, 5.74) is 1.80. The van der Waals surface area contributed by atoms with Gasteiger partial charge >= 0.3 is 0 Å². The number of nitrogens with zero attached hydrogens (tertiary/aromatic N) is 2. The van der Waals surface area contributed by atoms with Crippen LogP contribution in [0.15, 0.2) is 84.7 Å². The van der Waals surface area contributed by atoms with Gasteiger partial charge in [0, 0.05) is 24.5 Å². The van der Waals surface area contributed by atoms with Crippen LogP contribution in [0.2, 0.25) is 0 Å². The maximum absolute atomic E-state index is 13.3. The molecule has 29 heavy (non-hydrogen) atoms. The molecule has 1 atom stereocenters. The molecule has 1 aliphatic heterocycles. The Morgan fingerprint density at radius 3 is 2.28 bits per heavy atom. The van der Waals surface area contributed by atoms with E-state index in [1.807, 2.05) is 0 Å². The van der Waals surface area contributed by atoms with E-state index in [1.165, 1.54) is 17.0 Å². The van der Waals surface area contributed by atoms with E-state index in [0.29, 0.717) is 16.7 Å². The Bertz CT molecular complexity index is 1080. The minimum absolute atomic E-state index is 0.0227. The highest BCUT2D eigenvalue weighted by Gasteiger charge is 2.46. The monoisotopic (exact) mass is 388 g/mol. The molecule has 5 nitrogen and oxygen atoms in total. The van der Waals surface area contributed by atoms with Crippen LogP contribution in [0.25, 0.3) is 5.76 Å². The second-order valence-electron chi connectivity index (χ2n) is 6.70. The highest BCUT2D eigenvalue weighted by atomic mass is 19.1. The first-order chi connectivity index (χ1) is 14.1. The maximum Gasteiger partial charge on any atom is 0.295 e. The van der Waals surface area contributed by atoms with Crippen LogP contribution in [0.1, 0.15) is 22.7 Å². The van der Waals surface area contributed by atoms with E-state index < -0.39 is 17.7 Å². The van der Waals surface area contributed by atoms with E-state index in [-0.39, 0.29) is 23.7 Å². The molecule has 0 bridgehead atoms. The molecule has 1 amide bonds. The van der Waals surface area contributed by atoms with Gasteiger partial charge in [0.1, 0.15) is 11.6 Å². The normalized spacial score (nSPS) is 18.2. The number of aliphatic hydroxyl groups is 1. The third-order valence-corrected chi connectivity index (χ3v) is 4.88. The van der Waals surface area contributed by atoms with E-state index in [2.05, 4.69) is 4.98 Å². The fourth-order valence-corrected chi connectivity index (χ4v) is 3.47. The van der Waals surface area contributed by atoms with Gasteiger partial charge in [-0.05, 0) is 35.4 Å². The van der Waals surface area contributed by atoms with Crippen LogP contribution < -0.4 is 0 Å². The number of Topliss-reactive ketones (excluding diaryl/α,β-unsaturated/α-hetero) is 1. The number of likely N-dealkylation sites (tertiary alicyclic amines) is 1. The number of aromatic nitrogens is 1. The zero-order chi connectivity index (χ0) is 20.4. The summed E-state index contributed by atoms with van der Waals surface area (Å²) in [4.78, 5) is 31.1. The van der Waals surface area contributed by atoms with E-state index in [0.717, 1.165) is 0 Å². The molecule has 6 heteroatoms. The molecule has 1 fully saturated rings. The van der Waals surface area contributed by atoms with Crippen molar-refractivity contribution in [2.45, 2.75) is 12.6 Å². The number of hydrogen-bond acceptors (Lipinski definition) is 4. The molecule has 2 heterocycles. The molecule has 3 aromatic rings. The number of hydrogen-bond donors (Lipinski definition) is 1. The van der Waals surface area contributed by atoms with Crippen LogP contribution in [-0.2, 0) is 16.1 Å². The van der Waals surface area contributed by atoms with Crippen molar-refractivity contribution in [2.24, 2.45) is 0 Å². The summed E-state index contributed by atoms with van der Waals surface area (Å²) in [5, 5.41) is 10.9. The number of benzene rings is 2. The van der Waals surface area contributed by atoms with Crippen LogP contribution in [-0.4, -0.2) is 26.7 Å². The molecule has 1 unspecified atom stereocenters. The first kappa shape index (κ1) is 18.6. The maximum atomic E-state index is 13.3. The lowest BCUT2D eigenvalue weighted by Gasteiger charge is -2.25. The van der Waals surface area contributed by atoms with Gasteiger partial charge in [-0.3, -0.25) is 14.6 Å². The highest BCUT2D eigenvalue weighted by molar-refractivity contribution is 6.46. The molecule has 1 N–H and O–H groups in total. The van der Waals surface area contributed by atoms with Gasteiger partial charge in [-0.2, -0.15) is 0 Å². The van der Waals surface area contributed by atoms with Crippen molar-refractivity contribution < 1.29 is 19.1 Å².